The Bertz CT molecular complexity index is 421. The molecule has 1 heterocycles. The lowest BCUT2D eigenvalue weighted by atomic mass is 10.2. The van der Waals surface area contributed by atoms with Crippen LogP contribution in [0.1, 0.15) is 29.9 Å². The molecule has 0 radical (unpaired) electrons. The average Bonchev–Trinajstić information content (AvgIpc) is 3.16. The Morgan fingerprint density at radius 2 is 2.26 bits per heavy atom. The molecule has 1 fully saturated rings. The maximum atomic E-state index is 12.2. The minimum Gasteiger partial charge on any atom is -0.383 e. The van der Waals surface area contributed by atoms with Crippen molar-refractivity contribution in [2.45, 2.75) is 39.3 Å². The highest BCUT2D eigenvalue weighted by molar-refractivity contribution is 5.75. The Balaban J connectivity index is 1.88. The molecule has 1 aliphatic rings. The quantitative estimate of drug-likeness (QED) is 0.850. The Kier molecular flexibility index (Phi) is 4.42. The average molecular weight is 267 g/mol. The van der Waals surface area contributed by atoms with Gasteiger partial charge in [0.1, 0.15) is 5.76 Å². The van der Waals surface area contributed by atoms with E-state index < -0.39 is 0 Å². The van der Waals surface area contributed by atoms with Crippen LogP contribution in [-0.2, 0) is 11.3 Å². The summed E-state index contributed by atoms with van der Waals surface area (Å²) in [5, 5.41) is 6.80. The van der Waals surface area contributed by atoms with Crippen molar-refractivity contribution in [3.63, 3.8) is 0 Å². The van der Waals surface area contributed by atoms with E-state index in [0.29, 0.717) is 25.7 Å². The summed E-state index contributed by atoms with van der Waals surface area (Å²) in [6, 6.07) is 0.333. The first-order chi connectivity index (χ1) is 9.13. The van der Waals surface area contributed by atoms with E-state index in [1.54, 1.807) is 7.11 Å². The predicted octanol–water partition coefficient (Wildman–Crippen LogP) is 1.61. The van der Waals surface area contributed by atoms with Crippen molar-refractivity contribution < 1.29 is 14.1 Å². The van der Waals surface area contributed by atoms with Gasteiger partial charge in [0.2, 0.25) is 0 Å². The number of rotatable bonds is 6. The Hall–Kier alpha value is -1.56. The normalized spacial score (nSPS) is 14.5. The summed E-state index contributed by atoms with van der Waals surface area (Å²) in [7, 11) is 1.65. The molecule has 2 amide bonds. The predicted molar refractivity (Wildman–Crippen MR) is 69.8 cm³/mol. The molecule has 6 heteroatoms. The maximum absolute atomic E-state index is 12.2. The van der Waals surface area contributed by atoms with Crippen LogP contribution in [0.4, 0.5) is 4.79 Å². The van der Waals surface area contributed by atoms with Crippen molar-refractivity contribution in [2.24, 2.45) is 0 Å². The fourth-order valence-electron chi connectivity index (χ4n) is 2.05. The van der Waals surface area contributed by atoms with Crippen LogP contribution in [0, 0.1) is 13.8 Å². The van der Waals surface area contributed by atoms with E-state index in [2.05, 4.69) is 10.5 Å². The highest BCUT2D eigenvalue weighted by Gasteiger charge is 2.32. The summed E-state index contributed by atoms with van der Waals surface area (Å²) >= 11 is 0. The Morgan fingerprint density at radius 3 is 2.79 bits per heavy atom. The lowest BCUT2D eigenvalue weighted by Crippen LogP contribution is -2.42. The lowest BCUT2D eigenvalue weighted by Gasteiger charge is -2.22. The number of hydrogen-bond acceptors (Lipinski definition) is 4. The number of urea groups is 1. The van der Waals surface area contributed by atoms with Crippen molar-refractivity contribution in [2.75, 3.05) is 20.3 Å². The molecule has 2 rings (SSSR count). The van der Waals surface area contributed by atoms with Gasteiger partial charge in [-0.1, -0.05) is 5.16 Å². The number of nitrogens with one attached hydrogen (secondary N) is 1. The minimum absolute atomic E-state index is 0.0421. The number of carbonyl (C=O) groups is 1. The molecule has 0 atom stereocenters. The first-order valence-electron chi connectivity index (χ1n) is 6.58. The smallest absolute Gasteiger partial charge is 0.317 e. The van der Waals surface area contributed by atoms with Crippen LogP contribution >= 0.6 is 0 Å². The van der Waals surface area contributed by atoms with Gasteiger partial charge in [0.25, 0.3) is 0 Å². The number of nitrogens with zero attached hydrogens (tertiary/aromatic N) is 2. The molecule has 19 heavy (non-hydrogen) atoms. The van der Waals surface area contributed by atoms with Gasteiger partial charge in [-0.2, -0.15) is 0 Å². The van der Waals surface area contributed by atoms with Crippen molar-refractivity contribution in [1.82, 2.24) is 15.4 Å². The van der Waals surface area contributed by atoms with Crippen molar-refractivity contribution in [3.05, 3.63) is 17.0 Å². The first kappa shape index (κ1) is 13.9. The number of methoxy groups -OCH3 is 1. The third-order valence-electron chi connectivity index (χ3n) is 3.38. The van der Waals surface area contributed by atoms with Gasteiger partial charge < -0.3 is 19.5 Å². The zero-order valence-corrected chi connectivity index (χ0v) is 11.7. The second-order valence-electron chi connectivity index (χ2n) is 4.88. The van der Waals surface area contributed by atoms with E-state index in [9.17, 15) is 4.79 Å². The molecule has 0 spiro atoms. The Morgan fingerprint density at radius 1 is 1.53 bits per heavy atom. The van der Waals surface area contributed by atoms with Crippen molar-refractivity contribution in [1.29, 1.82) is 0 Å². The van der Waals surface area contributed by atoms with Gasteiger partial charge in [0.15, 0.2) is 0 Å². The van der Waals surface area contributed by atoms with Gasteiger partial charge in [0, 0.05) is 31.8 Å². The van der Waals surface area contributed by atoms with Crippen molar-refractivity contribution >= 4 is 6.03 Å². The van der Waals surface area contributed by atoms with Gasteiger partial charge in [-0.05, 0) is 26.7 Å². The summed E-state index contributed by atoms with van der Waals surface area (Å²) in [5.41, 5.74) is 1.78. The minimum atomic E-state index is -0.0421. The largest absolute Gasteiger partial charge is 0.383 e. The summed E-state index contributed by atoms with van der Waals surface area (Å²) in [6.45, 7) is 5.38. The third kappa shape index (κ3) is 3.47. The van der Waals surface area contributed by atoms with Gasteiger partial charge in [0.05, 0.1) is 12.3 Å². The van der Waals surface area contributed by atoms with E-state index in [1.807, 2.05) is 18.7 Å². The third-order valence-corrected chi connectivity index (χ3v) is 3.38. The molecular weight excluding hydrogens is 246 g/mol. The topological polar surface area (TPSA) is 67.6 Å². The molecule has 0 bridgehead atoms. The van der Waals surface area contributed by atoms with Crippen LogP contribution in [-0.4, -0.2) is 42.4 Å². The summed E-state index contributed by atoms with van der Waals surface area (Å²) in [5.74, 6) is 0.757. The summed E-state index contributed by atoms with van der Waals surface area (Å²) in [6.07, 6.45) is 2.17. The molecule has 1 saturated carbocycles. The summed E-state index contributed by atoms with van der Waals surface area (Å²) < 4.78 is 10.1. The summed E-state index contributed by atoms with van der Waals surface area (Å²) in [4.78, 5) is 14.0. The molecule has 1 aromatic heterocycles. The maximum Gasteiger partial charge on any atom is 0.317 e. The van der Waals surface area contributed by atoms with E-state index >= 15 is 0 Å². The molecule has 0 saturated heterocycles. The SMILES string of the molecule is COCCN(C(=O)NCc1c(C)noc1C)C1CC1. The lowest BCUT2D eigenvalue weighted by molar-refractivity contribution is 0.146. The first-order valence-corrected chi connectivity index (χ1v) is 6.58. The molecule has 106 valence electrons. The molecule has 0 aliphatic heterocycles. The van der Waals surface area contributed by atoms with Gasteiger partial charge in [-0.25, -0.2) is 4.79 Å². The van der Waals surface area contributed by atoms with E-state index in [1.165, 1.54) is 0 Å². The second-order valence-corrected chi connectivity index (χ2v) is 4.88. The van der Waals surface area contributed by atoms with Gasteiger partial charge >= 0.3 is 6.03 Å². The molecule has 0 aromatic carbocycles. The monoisotopic (exact) mass is 267 g/mol. The number of aryl methyl sites for hydroxylation is 2. The second kappa shape index (κ2) is 6.06. The fraction of sp³-hybridized carbons (Fsp3) is 0.692. The molecular formula is C13H21N3O3. The van der Waals surface area contributed by atoms with Crippen LogP contribution in [0.3, 0.4) is 0 Å². The zero-order chi connectivity index (χ0) is 13.8. The van der Waals surface area contributed by atoms with E-state index in [0.717, 1.165) is 29.9 Å². The van der Waals surface area contributed by atoms with E-state index in [4.69, 9.17) is 9.26 Å². The van der Waals surface area contributed by atoms with Gasteiger partial charge in [-0.3, -0.25) is 0 Å². The molecule has 6 nitrogen and oxygen atoms in total. The Labute approximate surface area is 113 Å². The van der Waals surface area contributed by atoms with Crippen LogP contribution in [0.15, 0.2) is 4.52 Å². The number of amides is 2. The molecule has 1 N–H and O–H groups in total. The van der Waals surface area contributed by atoms with Crippen LogP contribution in [0.2, 0.25) is 0 Å². The van der Waals surface area contributed by atoms with Crippen LogP contribution in [0.25, 0.3) is 0 Å². The number of hydrogen-bond donors (Lipinski definition) is 1. The number of ether oxygens (including phenoxy) is 1. The number of carbonyl (C=O) groups excluding carboxylic acids is 1. The van der Waals surface area contributed by atoms with Gasteiger partial charge in [-0.15, -0.1) is 0 Å². The van der Waals surface area contributed by atoms with Crippen LogP contribution in [0.5, 0.6) is 0 Å². The molecule has 1 aromatic rings. The fourth-order valence-corrected chi connectivity index (χ4v) is 2.05. The van der Waals surface area contributed by atoms with E-state index in [-0.39, 0.29) is 6.03 Å². The molecule has 1 aliphatic carbocycles. The van der Waals surface area contributed by atoms with Crippen molar-refractivity contribution in [3.8, 4) is 0 Å². The zero-order valence-electron chi connectivity index (χ0n) is 11.7. The standard InChI is InChI=1S/C13H21N3O3/c1-9-12(10(2)19-15-9)8-14-13(17)16(6-7-18-3)11-4-5-11/h11H,4-8H2,1-3H3,(H,14,17). The molecule has 0 unspecified atom stereocenters. The highest BCUT2D eigenvalue weighted by Crippen LogP contribution is 2.26. The number of aromatic nitrogens is 1. The highest BCUT2D eigenvalue weighted by atomic mass is 16.5. The van der Waals surface area contributed by atoms with Crippen LogP contribution < -0.4 is 5.32 Å².